The maximum Gasteiger partial charge on any atom is 0.410 e. The predicted molar refractivity (Wildman–Crippen MR) is 163 cm³/mol. The first-order chi connectivity index (χ1) is 19.9. The summed E-state index contributed by atoms with van der Waals surface area (Å²) in [5, 5.41) is 9.48. The number of ether oxygens (including phenoxy) is 2. The zero-order valence-corrected chi connectivity index (χ0v) is 25.5. The number of piperazine rings is 2. The van der Waals surface area contributed by atoms with E-state index in [0.29, 0.717) is 64.5 Å². The molecular weight excluding hydrogens is 532 g/mol. The van der Waals surface area contributed by atoms with Crippen molar-refractivity contribution in [3.8, 4) is 6.07 Å². The van der Waals surface area contributed by atoms with Gasteiger partial charge in [-0.25, -0.2) is 4.79 Å². The Hall–Kier alpha value is -3.81. The number of nitrogens with two attached hydrogens (primary N) is 1. The van der Waals surface area contributed by atoms with Gasteiger partial charge in [-0.2, -0.15) is 5.26 Å². The SMILES string of the molecule is CC(C)(C)OC(=O)C(N1CCN(c2ccccc2CN)CC1)C(C)(C)OC(=O)N1CCN(c2ccccc2C#N)CC1. The summed E-state index contributed by atoms with van der Waals surface area (Å²) in [5.41, 5.74) is 7.81. The quantitative estimate of drug-likeness (QED) is 0.494. The third kappa shape index (κ3) is 7.33. The number of anilines is 2. The Morgan fingerprint density at radius 2 is 1.38 bits per heavy atom. The zero-order chi connectivity index (χ0) is 30.5. The Morgan fingerprint density at radius 1 is 0.833 bits per heavy atom. The van der Waals surface area contributed by atoms with E-state index >= 15 is 0 Å². The van der Waals surface area contributed by atoms with E-state index in [0.717, 1.165) is 16.9 Å². The topological polar surface area (TPSA) is 115 Å². The molecule has 2 saturated heterocycles. The van der Waals surface area contributed by atoms with Crippen molar-refractivity contribution in [3.05, 3.63) is 59.7 Å². The lowest BCUT2D eigenvalue weighted by Gasteiger charge is -2.45. The average Bonchev–Trinajstić information content (AvgIpc) is 2.96. The minimum atomic E-state index is -1.15. The molecule has 42 heavy (non-hydrogen) atoms. The van der Waals surface area contributed by atoms with Crippen molar-refractivity contribution in [2.45, 2.75) is 58.4 Å². The summed E-state index contributed by atoms with van der Waals surface area (Å²) in [6, 6.07) is 17.1. The summed E-state index contributed by atoms with van der Waals surface area (Å²) in [7, 11) is 0. The molecule has 1 amide bonds. The molecule has 10 heteroatoms. The number of nitrogens with zero attached hydrogens (tertiary/aromatic N) is 5. The van der Waals surface area contributed by atoms with Crippen LogP contribution in [0.25, 0.3) is 0 Å². The Bertz CT molecular complexity index is 1280. The van der Waals surface area contributed by atoms with Crippen molar-refractivity contribution in [2.75, 3.05) is 62.2 Å². The van der Waals surface area contributed by atoms with E-state index in [4.69, 9.17) is 15.2 Å². The Balaban J connectivity index is 1.44. The molecule has 0 aromatic heterocycles. The first kappa shape index (κ1) is 31.1. The van der Waals surface area contributed by atoms with E-state index < -0.39 is 29.3 Å². The number of rotatable bonds is 7. The highest BCUT2D eigenvalue weighted by atomic mass is 16.6. The number of carbonyl (C=O) groups excluding carboxylic acids is 2. The second-order valence-corrected chi connectivity index (χ2v) is 12.4. The number of hydrogen-bond acceptors (Lipinski definition) is 9. The molecule has 1 atom stereocenters. The van der Waals surface area contributed by atoms with Gasteiger partial charge in [-0.1, -0.05) is 30.3 Å². The Morgan fingerprint density at radius 3 is 1.98 bits per heavy atom. The Kier molecular flexibility index (Phi) is 9.64. The Labute approximate surface area is 249 Å². The molecule has 0 bridgehead atoms. The van der Waals surface area contributed by atoms with E-state index in [1.807, 2.05) is 57.2 Å². The van der Waals surface area contributed by atoms with Gasteiger partial charge in [0.05, 0.1) is 11.3 Å². The normalized spacial score (nSPS) is 17.4. The van der Waals surface area contributed by atoms with Gasteiger partial charge in [0.15, 0.2) is 0 Å². The van der Waals surface area contributed by atoms with Gasteiger partial charge in [-0.3, -0.25) is 9.69 Å². The summed E-state index contributed by atoms with van der Waals surface area (Å²) in [4.78, 5) is 35.2. The largest absolute Gasteiger partial charge is 0.459 e. The fourth-order valence-electron chi connectivity index (χ4n) is 5.76. The van der Waals surface area contributed by atoms with Crippen molar-refractivity contribution in [1.29, 1.82) is 5.26 Å². The zero-order valence-electron chi connectivity index (χ0n) is 25.5. The number of benzene rings is 2. The lowest BCUT2D eigenvalue weighted by atomic mass is 9.95. The number of esters is 1. The third-order valence-corrected chi connectivity index (χ3v) is 7.77. The van der Waals surface area contributed by atoms with Crippen LogP contribution in [0.4, 0.5) is 16.2 Å². The molecule has 0 aliphatic carbocycles. The van der Waals surface area contributed by atoms with Crippen molar-refractivity contribution in [2.24, 2.45) is 5.73 Å². The van der Waals surface area contributed by atoms with Gasteiger partial charge < -0.3 is 29.9 Å². The lowest BCUT2D eigenvalue weighted by Crippen LogP contribution is -2.62. The van der Waals surface area contributed by atoms with Crippen molar-refractivity contribution < 1.29 is 19.1 Å². The fourth-order valence-corrected chi connectivity index (χ4v) is 5.76. The van der Waals surface area contributed by atoms with Gasteiger partial charge >= 0.3 is 12.1 Å². The number of hydrogen-bond donors (Lipinski definition) is 1. The molecule has 2 aromatic carbocycles. The van der Waals surface area contributed by atoms with Crippen LogP contribution < -0.4 is 15.5 Å². The van der Waals surface area contributed by atoms with Crippen molar-refractivity contribution in [3.63, 3.8) is 0 Å². The van der Waals surface area contributed by atoms with Crippen LogP contribution in [0.3, 0.4) is 0 Å². The molecule has 2 N–H and O–H groups in total. The second kappa shape index (κ2) is 13.0. The maximum atomic E-state index is 13.6. The molecule has 4 rings (SSSR count). The van der Waals surface area contributed by atoms with Crippen LogP contribution in [0.1, 0.15) is 45.7 Å². The van der Waals surface area contributed by atoms with Gasteiger partial charge in [-0.05, 0) is 58.4 Å². The van der Waals surface area contributed by atoms with Gasteiger partial charge in [0, 0.05) is 64.6 Å². The molecule has 2 heterocycles. The van der Waals surface area contributed by atoms with E-state index in [-0.39, 0.29) is 0 Å². The summed E-state index contributed by atoms with van der Waals surface area (Å²) in [6.45, 7) is 14.2. The highest BCUT2D eigenvalue weighted by molar-refractivity contribution is 5.79. The van der Waals surface area contributed by atoms with Crippen LogP contribution in [-0.4, -0.2) is 91.5 Å². The molecule has 2 aliphatic rings. The minimum Gasteiger partial charge on any atom is -0.459 e. The molecule has 226 valence electrons. The third-order valence-electron chi connectivity index (χ3n) is 7.77. The first-order valence-corrected chi connectivity index (χ1v) is 14.7. The maximum absolute atomic E-state index is 13.6. The molecule has 0 radical (unpaired) electrons. The van der Waals surface area contributed by atoms with Gasteiger partial charge in [0.25, 0.3) is 0 Å². The molecule has 0 spiro atoms. The summed E-state index contributed by atoms with van der Waals surface area (Å²) in [5.74, 6) is -0.408. The number of carbonyl (C=O) groups is 2. The van der Waals surface area contributed by atoms with E-state index in [9.17, 15) is 14.9 Å². The summed E-state index contributed by atoms with van der Waals surface area (Å²) < 4.78 is 12.0. The van der Waals surface area contributed by atoms with Gasteiger partial charge in [0.2, 0.25) is 0 Å². The van der Waals surface area contributed by atoms with Crippen LogP contribution in [-0.2, 0) is 20.8 Å². The van der Waals surface area contributed by atoms with Crippen LogP contribution in [0.2, 0.25) is 0 Å². The molecule has 10 nitrogen and oxygen atoms in total. The molecule has 2 fully saturated rings. The van der Waals surface area contributed by atoms with E-state index in [1.165, 1.54) is 0 Å². The molecule has 0 saturated carbocycles. The average molecular weight is 577 g/mol. The van der Waals surface area contributed by atoms with Crippen LogP contribution in [0.5, 0.6) is 0 Å². The molecule has 1 unspecified atom stereocenters. The lowest BCUT2D eigenvalue weighted by molar-refractivity contribution is -0.171. The predicted octanol–water partition coefficient (Wildman–Crippen LogP) is 3.59. The molecular formula is C32H44N6O4. The highest BCUT2D eigenvalue weighted by Gasteiger charge is 2.46. The highest BCUT2D eigenvalue weighted by Crippen LogP contribution is 2.29. The molecule has 2 aromatic rings. The van der Waals surface area contributed by atoms with Crippen molar-refractivity contribution in [1.82, 2.24) is 9.80 Å². The number of para-hydroxylation sites is 2. The first-order valence-electron chi connectivity index (χ1n) is 14.7. The van der Waals surface area contributed by atoms with Crippen LogP contribution >= 0.6 is 0 Å². The van der Waals surface area contributed by atoms with Crippen molar-refractivity contribution >= 4 is 23.4 Å². The minimum absolute atomic E-state index is 0.408. The molecule has 2 aliphatic heterocycles. The van der Waals surface area contributed by atoms with Crippen LogP contribution in [0.15, 0.2) is 48.5 Å². The second-order valence-electron chi connectivity index (χ2n) is 12.4. The number of amides is 1. The van der Waals surface area contributed by atoms with Gasteiger partial charge in [0.1, 0.15) is 23.3 Å². The fraction of sp³-hybridized carbons (Fsp3) is 0.531. The standard InChI is InChI=1S/C32H44N6O4/c1-31(2,3)41-29(39)28(37-18-14-35(15-19-37)26-12-8-6-10-24(26)22-33)32(4,5)42-30(40)38-20-16-36(17-21-38)27-13-9-7-11-25(27)23-34/h6-13,28H,14-22,33H2,1-5H3. The summed E-state index contributed by atoms with van der Waals surface area (Å²) in [6.07, 6.45) is -0.461. The van der Waals surface area contributed by atoms with Crippen LogP contribution in [0, 0.1) is 11.3 Å². The number of nitriles is 1. The summed E-state index contributed by atoms with van der Waals surface area (Å²) >= 11 is 0. The van der Waals surface area contributed by atoms with Gasteiger partial charge in [-0.15, -0.1) is 0 Å². The smallest absolute Gasteiger partial charge is 0.410 e. The van der Waals surface area contributed by atoms with E-state index in [1.54, 1.807) is 24.8 Å². The van der Waals surface area contributed by atoms with E-state index in [2.05, 4.69) is 26.8 Å². The monoisotopic (exact) mass is 576 g/mol.